The summed E-state index contributed by atoms with van der Waals surface area (Å²) in [5.41, 5.74) is 5.96. The Morgan fingerprint density at radius 3 is 2.71 bits per heavy atom. The standard InChI is InChI=1S/C9H10ClNO3/c10-6-2-1-5(4-8(6)12)3-7(11)9(13)14/h1-2,4,7,12H,3,11H2,(H,13,14)/t7-/m0/s1. The monoisotopic (exact) mass is 215 g/mol. The van der Waals surface area contributed by atoms with Gasteiger partial charge in [-0.3, -0.25) is 4.79 Å². The number of hydrogen-bond donors (Lipinski definition) is 3. The minimum Gasteiger partial charge on any atom is -0.506 e. The molecule has 1 rings (SSSR count). The van der Waals surface area contributed by atoms with Crippen LogP contribution < -0.4 is 5.73 Å². The molecule has 0 spiro atoms. The van der Waals surface area contributed by atoms with E-state index in [1.54, 1.807) is 6.07 Å². The molecule has 0 aliphatic rings. The molecule has 0 saturated heterocycles. The molecule has 0 fully saturated rings. The van der Waals surface area contributed by atoms with Crippen LogP contribution in [0.4, 0.5) is 0 Å². The van der Waals surface area contributed by atoms with Crippen molar-refractivity contribution in [3.8, 4) is 5.75 Å². The van der Waals surface area contributed by atoms with E-state index in [1.807, 2.05) is 0 Å². The Balaban J connectivity index is 2.78. The van der Waals surface area contributed by atoms with Gasteiger partial charge in [0.1, 0.15) is 11.8 Å². The summed E-state index contributed by atoms with van der Waals surface area (Å²) in [6.07, 6.45) is 0.167. The number of halogens is 1. The minimum atomic E-state index is -1.07. The summed E-state index contributed by atoms with van der Waals surface area (Å²) in [4.78, 5) is 10.4. The minimum absolute atomic E-state index is 0.0678. The lowest BCUT2D eigenvalue weighted by Gasteiger charge is -2.06. The first-order valence-electron chi connectivity index (χ1n) is 3.96. The Hall–Kier alpha value is -1.26. The van der Waals surface area contributed by atoms with Crippen molar-refractivity contribution in [2.45, 2.75) is 12.5 Å². The third kappa shape index (κ3) is 2.61. The van der Waals surface area contributed by atoms with Crippen molar-refractivity contribution < 1.29 is 15.0 Å². The summed E-state index contributed by atoms with van der Waals surface area (Å²) < 4.78 is 0. The second-order valence-electron chi connectivity index (χ2n) is 2.93. The molecule has 76 valence electrons. The Kier molecular flexibility index (Phi) is 3.33. The lowest BCUT2D eigenvalue weighted by molar-refractivity contribution is -0.138. The van der Waals surface area contributed by atoms with Crippen LogP contribution in [0.2, 0.25) is 5.02 Å². The summed E-state index contributed by atoms with van der Waals surface area (Å²) in [6.45, 7) is 0. The van der Waals surface area contributed by atoms with E-state index in [9.17, 15) is 9.90 Å². The molecule has 0 radical (unpaired) electrons. The topological polar surface area (TPSA) is 83.5 Å². The van der Waals surface area contributed by atoms with E-state index in [2.05, 4.69) is 0 Å². The van der Waals surface area contributed by atoms with Gasteiger partial charge in [-0.2, -0.15) is 0 Å². The highest BCUT2D eigenvalue weighted by molar-refractivity contribution is 6.32. The van der Waals surface area contributed by atoms with Gasteiger partial charge >= 0.3 is 5.97 Å². The summed E-state index contributed by atoms with van der Waals surface area (Å²) >= 11 is 5.58. The van der Waals surface area contributed by atoms with E-state index >= 15 is 0 Å². The number of carboxylic acids is 1. The molecule has 0 unspecified atom stereocenters. The SMILES string of the molecule is N[C@@H](Cc1ccc(Cl)c(O)c1)C(=O)O. The van der Waals surface area contributed by atoms with Gasteiger partial charge in [0, 0.05) is 0 Å². The van der Waals surface area contributed by atoms with Crippen molar-refractivity contribution in [2.75, 3.05) is 0 Å². The molecule has 5 heteroatoms. The van der Waals surface area contributed by atoms with Crippen LogP contribution in [-0.4, -0.2) is 22.2 Å². The molecule has 1 aromatic rings. The third-order valence-corrected chi connectivity index (χ3v) is 2.10. The van der Waals surface area contributed by atoms with Gasteiger partial charge in [-0.1, -0.05) is 17.7 Å². The van der Waals surface area contributed by atoms with Crippen molar-refractivity contribution in [1.29, 1.82) is 0 Å². The Morgan fingerprint density at radius 2 is 2.21 bits per heavy atom. The van der Waals surface area contributed by atoms with Crippen LogP contribution in [0.1, 0.15) is 5.56 Å². The normalized spacial score (nSPS) is 12.4. The maximum Gasteiger partial charge on any atom is 0.320 e. The number of benzene rings is 1. The second-order valence-corrected chi connectivity index (χ2v) is 3.34. The van der Waals surface area contributed by atoms with Gasteiger partial charge in [0.25, 0.3) is 0 Å². The second kappa shape index (κ2) is 4.30. The number of phenolic OH excluding ortho intramolecular Hbond substituents is 1. The Morgan fingerprint density at radius 1 is 1.57 bits per heavy atom. The van der Waals surface area contributed by atoms with Gasteiger partial charge in [-0.05, 0) is 24.1 Å². The highest BCUT2D eigenvalue weighted by atomic mass is 35.5. The smallest absolute Gasteiger partial charge is 0.320 e. The average Bonchev–Trinajstić information content (AvgIpc) is 2.11. The first kappa shape index (κ1) is 10.8. The summed E-state index contributed by atoms with van der Waals surface area (Å²) in [6, 6.07) is 3.58. The van der Waals surface area contributed by atoms with Crippen LogP contribution in [0.15, 0.2) is 18.2 Å². The van der Waals surface area contributed by atoms with Crippen LogP contribution in [0.5, 0.6) is 5.75 Å². The van der Waals surface area contributed by atoms with E-state index in [4.69, 9.17) is 22.4 Å². The number of carboxylic acid groups (broad SMARTS) is 1. The van der Waals surface area contributed by atoms with Crippen molar-refractivity contribution in [3.63, 3.8) is 0 Å². The summed E-state index contributed by atoms with van der Waals surface area (Å²) in [5, 5.41) is 18.0. The molecular formula is C9H10ClNO3. The molecule has 4 nitrogen and oxygen atoms in total. The number of carbonyl (C=O) groups is 1. The van der Waals surface area contributed by atoms with Crippen LogP contribution in [-0.2, 0) is 11.2 Å². The van der Waals surface area contributed by atoms with Crippen molar-refractivity contribution >= 4 is 17.6 Å². The quantitative estimate of drug-likeness (QED) is 0.703. The van der Waals surface area contributed by atoms with Crippen LogP contribution >= 0.6 is 11.6 Å². The number of rotatable bonds is 3. The molecule has 0 aromatic heterocycles. The zero-order valence-corrected chi connectivity index (χ0v) is 8.03. The zero-order valence-electron chi connectivity index (χ0n) is 7.27. The average molecular weight is 216 g/mol. The number of hydrogen-bond acceptors (Lipinski definition) is 3. The number of aliphatic carboxylic acids is 1. The van der Waals surface area contributed by atoms with Gasteiger partial charge in [-0.25, -0.2) is 0 Å². The molecule has 4 N–H and O–H groups in total. The van der Waals surface area contributed by atoms with E-state index < -0.39 is 12.0 Å². The van der Waals surface area contributed by atoms with Gasteiger partial charge < -0.3 is 15.9 Å². The molecule has 0 saturated carbocycles. The van der Waals surface area contributed by atoms with Crippen molar-refractivity contribution in [3.05, 3.63) is 28.8 Å². The van der Waals surface area contributed by atoms with Crippen LogP contribution in [0.3, 0.4) is 0 Å². The van der Waals surface area contributed by atoms with E-state index in [0.29, 0.717) is 5.56 Å². The maximum atomic E-state index is 10.4. The summed E-state index contributed by atoms with van der Waals surface area (Å²) in [7, 11) is 0. The zero-order chi connectivity index (χ0) is 10.7. The lowest BCUT2D eigenvalue weighted by atomic mass is 10.1. The first-order valence-corrected chi connectivity index (χ1v) is 4.34. The lowest BCUT2D eigenvalue weighted by Crippen LogP contribution is -2.32. The molecule has 0 aliphatic carbocycles. The van der Waals surface area contributed by atoms with E-state index in [0.717, 1.165) is 0 Å². The van der Waals surface area contributed by atoms with Crippen LogP contribution in [0, 0.1) is 0 Å². The largest absolute Gasteiger partial charge is 0.506 e. The number of aromatic hydroxyl groups is 1. The van der Waals surface area contributed by atoms with Gasteiger partial charge in [0.15, 0.2) is 0 Å². The molecule has 14 heavy (non-hydrogen) atoms. The molecule has 1 atom stereocenters. The van der Waals surface area contributed by atoms with Crippen molar-refractivity contribution in [1.82, 2.24) is 0 Å². The fourth-order valence-corrected chi connectivity index (χ4v) is 1.14. The number of nitrogens with two attached hydrogens (primary N) is 1. The Labute approximate surface area is 85.9 Å². The van der Waals surface area contributed by atoms with Gasteiger partial charge in [0.2, 0.25) is 0 Å². The first-order chi connectivity index (χ1) is 6.50. The molecular weight excluding hydrogens is 206 g/mol. The van der Waals surface area contributed by atoms with Gasteiger partial charge in [0.05, 0.1) is 5.02 Å². The fraction of sp³-hybridized carbons (Fsp3) is 0.222. The van der Waals surface area contributed by atoms with E-state index in [-0.39, 0.29) is 17.2 Å². The van der Waals surface area contributed by atoms with Crippen molar-refractivity contribution in [2.24, 2.45) is 5.73 Å². The third-order valence-electron chi connectivity index (χ3n) is 1.78. The molecule has 1 aromatic carbocycles. The fourth-order valence-electron chi connectivity index (χ4n) is 1.03. The highest BCUT2D eigenvalue weighted by Gasteiger charge is 2.12. The summed E-state index contributed by atoms with van der Waals surface area (Å²) in [5.74, 6) is -1.14. The Bertz CT molecular complexity index is 354. The number of phenols is 1. The molecule has 0 aliphatic heterocycles. The maximum absolute atomic E-state index is 10.4. The van der Waals surface area contributed by atoms with Crippen LogP contribution in [0.25, 0.3) is 0 Å². The molecule has 0 bridgehead atoms. The van der Waals surface area contributed by atoms with Gasteiger partial charge in [-0.15, -0.1) is 0 Å². The molecule has 0 amide bonds. The predicted octanol–water partition coefficient (Wildman–Crippen LogP) is 1.00. The molecule has 0 heterocycles. The van der Waals surface area contributed by atoms with E-state index in [1.165, 1.54) is 12.1 Å². The highest BCUT2D eigenvalue weighted by Crippen LogP contribution is 2.24. The predicted molar refractivity (Wildman–Crippen MR) is 52.4 cm³/mol.